The predicted molar refractivity (Wildman–Crippen MR) is 45.5 cm³/mol. The number of hydroxylamine groups is 2. The molecule has 78 valence electrons. The molecule has 6 nitrogen and oxygen atoms in total. The van der Waals surface area contributed by atoms with Crippen LogP contribution in [-0.4, -0.2) is 36.5 Å². The predicted octanol–water partition coefficient (Wildman–Crippen LogP) is 0.656. The molecule has 0 aromatic rings. The van der Waals surface area contributed by atoms with Crippen molar-refractivity contribution in [3.8, 4) is 0 Å². The van der Waals surface area contributed by atoms with Crippen molar-refractivity contribution in [2.24, 2.45) is 0 Å². The van der Waals surface area contributed by atoms with Gasteiger partial charge in [-0.15, -0.1) is 4.28 Å². The summed E-state index contributed by atoms with van der Waals surface area (Å²) in [6.45, 7) is 4.56. The van der Waals surface area contributed by atoms with Gasteiger partial charge in [0.2, 0.25) is 0 Å². The van der Waals surface area contributed by atoms with E-state index in [2.05, 4.69) is 4.28 Å². The van der Waals surface area contributed by atoms with Gasteiger partial charge in [-0.3, -0.25) is 0 Å². The largest absolute Gasteiger partial charge is 0.463 e. The lowest BCUT2D eigenvalue weighted by atomic mass is 10.1. The van der Waals surface area contributed by atoms with Crippen molar-refractivity contribution in [3.63, 3.8) is 0 Å². The Morgan fingerprint density at radius 1 is 1.38 bits per heavy atom. The maximum atomic E-state index is 10.7. The van der Waals surface area contributed by atoms with Crippen molar-refractivity contribution in [2.45, 2.75) is 26.3 Å². The van der Waals surface area contributed by atoms with Crippen molar-refractivity contribution in [1.29, 1.82) is 0 Å². The monoisotopic (exact) mass is 211 g/mol. The average Bonchev–Trinajstić information content (AvgIpc) is 1.77. The van der Waals surface area contributed by atoms with Gasteiger partial charge in [0.15, 0.2) is 0 Å². The number of rotatable bonds is 2. The molecule has 0 heterocycles. The highest BCUT2D eigenvalue weighted by atomic mass is 32.2. The van der Waals surface area contributed by atoms with Gasteiger partial charge in [-0.1, -0.05) is 0 Å². The number of carbonyl (C=O) groups is 1. The zero-order valence-corrected chi connectivity index (χ0v) is 8.75. The van der Waals surface area contributed by atoms with E-state index < -0.39 is 21.8 Å². The van der Waals surface area contributed by atoms with E-state index >= 15 is 0 Å². The summed E-state index contributed by atoms with van der Waals surface area (Å²) in [5.41, 5.74) is -0.922. The smallest absolute Gasteiger partial charge is 0.433 e. The molecule has 0 unspecified atom stereocenters. The number of hydrogen-bond donors (Lipinski definition) is 1. The molecule has 0 rings (SSSR count). The molecule has 0 aliphatic heterocycles. The first kappa shape index (κ1) is 12.2. The maximum Gasteiger partial charge on any atom is 0.433 e. The standard InChI is InChI=1S/C6H13NO5S/c1-6(2,3)7(5(8)9)12-13(4,10)11/h1-4H3,(H,8,9). The first-order valence-corrected chi connectivity index (χ1v) is 5.28. The fourth-order valence-corrected chi connectivity index (χ4v) is 1.12. The van der Waals surface area contributed by atoms with E-state index in [9.17, 15) is 13.2 Å². The number of nitrogens with zero attached hydrogens (tertiary/aromatic N) is 1. The summed E-state index contributed by atoms with van der Waals surface area (Å²) in [7, 11) is -3.81. The van der Waals surface area contributed by atoms with E-state index in [-0.39, 0.29) is 0 Å². The number of amides is 1. The van der Waals surface area contributed by atoms with Crippen LogP contribution in [0, 0.1) is 0 Å². The molecule has 0 atom stereocenters. The third-order valence-corrected chi connectivity index (χ3v) is 1.41. The second-order valence-corrected chi connectivity index (χ2v) is 5.08. The van der Waals surface area contributed by atoms with Gasteiger partial charge >= 0.3 is 6.09 Å². The summed E-state index contributed by atoms with van der Waals surface area (Å²) in [6.07, 6.45) is -0.660. The third kappa shape index (κ3) is 4.69. The Morgan fingerprint density at radius 2 is 1.77 bits per heavy atom. The quantitative estimate of drug-likeness (QED) is 0.678. The van der Waals surface area contributed by atoms with Crippen LogP contribution < -0.4 is 0 Å². The molecule has 0 aliphatic rings. The summed E-state index contributed by atoms with van der Waals surface area (Å²) >= 11 is 0. The van der Waals surface area contributed by atoms with Gasteiger partial charge in [0.25, 0.3) is 10.1 Å². The number of carboxylic acid groups (broad SMARTS) is 1. The normalized spacial score (nSPS) is 12.6. The molecular formula is C6H13NO5S. The van der Waals surface area contributed by atoms with E-state index in [1.54, 1.807) is 0 Å². The lowest BCUT2D eigenvalue weighted by molar-refractivity contribution is -0.0901. The second-order valence-electron chi connectivity index (χ2n) is 3.53. The van der Waals surface area contributed by atoms with Crippen molar-refractivity contribution in [2.75, 3.05) is 6.26 Å². The summed E-state index contributed by atoms with van der Waals surface area (Å²) in [4.78, 5) is 10.6. The van der Waals surface area contributed by atoms with E-state index in [1.807, 2.05) is 0 Å². The van der Waals surface area contributed by atoms with E-state index in [1.165, 1.54) is 20.8 Å². The minimum Gasteiger partial charge on any atom is -0.463 e. The maximum absolute atomic E-state index is 10.7. The van der Waals surface area contributed by atoms with Gasteiger partial charge in [-0.25, -0.2) is 4.79 Å². The minimum absolute atomic E-state index is 0.391. The van der Waals surface area contributed by atoms with Crippen LogP contribution in [0.2, 0.25) is 0 Å². The van der Waals surface area contributed by atoms with Gasteiger partial charge in [0, 0.05) is 0 Å². The van der Waals surface area contributed by atoms with Gasteiger partial charge in [0.05, 0.1) is 11.8 Å². The Morgan fingerprint density at radius 3 is 1.85 bits per heavy atom. The van der Waals surface area contributed by atoms with E-state index in [4.69, 9.17) is 5.11 Å². The minimum atomic E-state index is -3.81. The topological polar surface area (TPSA) is 83.9 Å². The van der Waals surface area contributed by atoms with Crippen molar-refractivity contribution in [1.82, 2.24) is 5.06 Å². The summed E-state index contributed by atoms with van der Waals surface area (Å²) in [5, 5.41) is 9.00. The summed E-state index contributed by atoms with van der Waals surface area (Å²) in [6, 6.07) is 0. The molecule has 0 aromatic carbocycles. The molecule has 0 saturated heterocycles. The summed E-state index contributed by atoms with van der Waals surface area (Å²) in [5.74, 6) is 0. The molecule has 1 amide bonds. The zero-order valence-electron chi connectivity index (χ0n) is 7.94. The molecule has 0 saturated carbocycles. The van der Waals surface area contributed by atoms with Crippen LogP contribution in [0.15, 0.2) is 0 Å². The zero-order chi connectivity index (χ0) is 10.9. The van der Waals surface area contributed by atoms with Crippen molar-refractivity contribution in [3.05, 3.63) is 0 Å². The molecule has 13 heavy (non-hydrogen) atoms. The molecular weight excluding hydrogens is 198 g/mol. The lowest BCUT2D eigenvalue weighted by Crippen LogP contribution is -2.45. The van der Waals surface area contributed by atoms with Gasteiger partial charge < -0.3 is 5.11 Å². The molecule has 1 N–H and O–H groups in total. The molecule has 0 bridgehead atoms. The Bertz CT molecular complexity index is 289. The van der Waals surface area contributed by atoms with Crippen molar-refractivity contribution < 1.29 is 22.6 Å². The second kappa shape index (κ2) is 3.51. The van der Waals surface area contributed by atoms with Crippen LogP contribution in [-0.2, 0) is 14.4 Å². The highest BCUT2D eigenvalue weighted by Crippen LogP contribution is 2.15. The van der Waals surface area contributed by atoms with Crippen LogP contribution >= 0.6 is 0 Å². The Labute approximate surface area is 77.2 Å². The van der Waals surface area contributed by atoms with Crippen LogP contribution in [0.1, 0.15) is 20.8 Å². The van der Waals surface area contributed by atoms with Crippen LogP contribution in [0.5, 0.6) is 0 Å². The molecule has 7 heteroatoms. The van der Waals surface area contributed by atoms with Crippen LogP contribution in [0.3, 0.4) is 0 Å². The van der Waals surface area contributed by atoms with E-state index in [0.29, 0.717) is 5.06 Å². The average molecular weight is 211 g/mol. The number of hydrogen-bond acceptors (Lipinski definition) is 4. The fourth-order valence-electron chi connectivity index (χ4n) is 0.566. The molecule has 0 radical (unpaired) electrons. The Kier molecular flexibility index (Phi) is 3.28. The van der Waals surface area contributed by atoms with E-state index in [0.717, 1.165) is 6.26 Å². The first-order valence-electron chi connectivity index (χ1n) is 3.47. The van der Waals surface area contributed by atoms with Gasteiger partial charge in [-0.2, -0.15) is 13.5 Å². The van der Waals surface area contributed by atoms with Crippen LogP contribution in [0.25, 0.3) is 0 Å². The highest BCUT2D eigenvalue weighted by Gasteiger charge is 2.30. The molecule has 0 spiro atoms. The van der Waals surface area contributed by atoms with Crippen LogP contribution in [0.4, 0.5) is 4.79 Å². The molecule has 0 aromatic heterocycles. The summed E-state index contributed by atoms with van der Waals surface area (Å²) < 4.78 is 25.6. The van der Waals surface area contributed by atoms with Gasteiger partial charge in [0.1, 0.15) is 0 Å². The first-order chi connectivity index (χ1) is 5.54. The lowest BCUT2D eigenvalue weighted by Gasteiger charge is -2.29. The highest BCUT2D eigenvalue weighted by molar-refractivity contribution is 7.85. The van der Waals surface area contributed by atoms with Crippen molar-refractivity contribution >= 4 is 16.2 Å². The molecule has 0 aliphatic carbocycles. The van der Waals surface area contributed by atoms with Gasteiger partial charge in [-0.05, 0) is 20.8 Å². The third-order valence-electron chi connectivity index (χ3n) is 0.993. The fraction of sp³-hybridized carbons (Fsp3) is 0.833. The SMILES string of the molecule is CC(C)(C)N(OS(C)(=O)=O)C(=O)O. The molecule has 0 fully saturated rings. The Balaban J connectivity index is 4.77. The Hall–Kier alpha value is -0.820.